The fraction of sp³-hybridized carbons (Fsp3) is 0.348. The summed E-state index contributed by atoms with van der Waals surface area (Å²) in [6.07, 6.45) is 4.22. The van der Waals surface area contributed by atoms with Gasteiger partial charge in [-0.3, -0.25) is 4.79 Å². The van der Waals surface area contributed by atoms with Crippen LogP contribution >= 0.6 is 0 Å². The highest BCUT2D eigenvalue weighted by molar-refractivity contribution is 5.76. The van der Waals surface area contributed by atoms with Crippen molar-refractivity contribution in [3.8, 4) is 17.2 Å². The summed E-state index contributed by atoms with van der Waals surface area (Å²) >= 11 is 0. The maximum atomic E-state index is 12.6. The van der Waals surface area contributed by atoms with Gasteiger partial charge in [0.2, 0.25) is 5.91 Å². The Morgan fingerprint density at radius 1 is 1.10 bits per heavy atom. The van der Waals surface area contributed by atoms with E-state index in [-0.39, 0.29) is 11.9 Å². The van der Waals surface area contributed by atoms with Gasteiger partial charge in [0, 0.05) is 13.5 Å². The molecule has 1 aromatic heterocycles. The SMILES string of the molecule is CCOc1ccccc1OCCCC(=O)N(C)[C@H](C)c1ccc(-n2cncn2)cc1. The van der Waals surface area contributed by atoms with Crippen LogP contribution in [0.3, 0.4) is 0 Å². The maximum Gasteiger partial charge on any atom is 0.222 e. The van der Waals surface area contributed by atoms with E-state index in [1.54, 1.807) is 15.9 Å². The number of carbonyl (C=O) groups excluding carboxylic acids is 1. The third-order valence-electron chi connectivity index (χ3n) is 4.97. The number of hydrogen-bond acceptors (Lipinski definition) is 5. The first-order valence-corrected chi connectivity index (χ1v) is 10.2. The molecule has 0 spiro atoms. The van der Waals surface area contributed by atoms with Gasteiger partial charge in [-0.1, -0.05) is 24.3 Å². The van der Waals surface area contributed by atoms with E-state index < -0.39 is 0 Å². The van der Waals surface area contributed by atoms with E-state index in [1.165, 1.54) is 6.33 Å². The standard InChI is InChI=1S/C23H28N4O3/c1-4-29-21-8-5-6-9-22(21)30-15-7-10-23(28)26(3)18(2)19-11-13-20(14-12-19)27-17-24-16-25-27/h5-6,8-9,11-14,16-18H,4,7,10,15H2,1-3H3/t18-/m1/s1. The van der Waals surface area contributed by atoms with Crippen LogP contribution in [-0.2, 0) is 4.79 Å². The molecule has 0 N–H and O–H groups in total. The van der Waals surface area contributed by atoms with E-state index >= 15 is 0 Å². The second-order valence-corrected chi connectivity index (χ2v) is 6.94. The summed E-state index contributed by atoms with van der Waals surface area (Å²) in [7, 11) is 1.84. The molecule has 158 valence electrons. The minimum Gasteiger partial charge on any atom is -0.490 e. The Kier molecular flexibility index (Phi) is 7.43. The van der Waals surface area contributed by atoms with Gasteiger partial charge < -0.3 is 14.4 Å². The van der Waals surface area contributed by atoms with Crippen molar-refractivity contribution in [3.63, 3.8) is 0 Å². The highest BCUT2D eigenvalue weighted by atomic mass is 16.5. The maximum absolute atomic E-state index is 12.6. The third kappa shape index (κ3) is 5.37. The molecule has 7 heteroatoms. The molecule has 0 saturated carbocycles. The van der Waals surface area contributed by atoms with Crippen LogP contribution in [0.5, 0.6) is 11.5 Å². The Hall–Kier alpha value is -3.35. The molecule has 1 heterocycles. The lowest BCUT2D eigenvalue weighted by Crippen LogP contribution is -2.29. The molecule has 0 saturated heterocycles. The Bertz CT molecular complexity index is 926. The first-order chi connectivity index (χ1) is 14.6. The quantitative estimate of drug-likeness (QED) is 0.474. The van der Waals surface area contributed by atoms with E-state index in [4.69, 9.17) is 9.47 Å². The van der Waals surface area contributed by atoms with E-state index in [1.807, 2.05) is 69.4 Å². The highest BCUT2D eigenvalue weighted by Crippen LogP contribution is 2.26. The van der Waals surface area contributed by atoms with Crippen molar-refractivity contribution in [1.29, 1.82) is 0 Å². The summed E-state index contributed by atoms with van der Waals surface area (Å²) in [5, 5.41) is 4.12. The summed E-state index contributed by atoms with van der Waals surface area (Å²) in [6.45, 7) is 5.01. The minimum absolute atomic E-state index is 0.0260. The predicted octanol–water partition coefficient (Wildman–Crippen LogP) is 4.04. The highest BCUT2D eigenvalue weighted by Gasteiger charge is 2.17. The van der Waals surface area contributed by atoms with Gasteiger partial charge >= 0.3 is 0 Å². The van der Waals surface area contributed by atoms with Gasteiger partial charge in [0.15, 0.2) is 11.5 Å². The van der Waals surface area contributed by atoms with Crippen LogP contribution in [0.1, 0.15) is 38.3 Å². The molecule has 30 heavy (non-hydrogen) atoms. The van der Waals surface area contributed by atoms with E-state index in [2.05, 4.69) is 10.1 Å². The van der Waals surface area contributed by atoms with Crippen molar-refractivity contribution < 1.29 is 14.3 Å². The predicted molar refractivity (Wildman–Crippen MR) is 115 cm³/mol. The molecule has 0 unspecified atom stereocenters. The molecule has 0 radical (unpaired) electrons. The van der Waals surface area contributed by atoms with Gasteiger partial charge in [-0.05, 0) is 50.1 Å². The molecule has 3 rings (SSSR count). The summed E-state index contributed by atoms with van der Waals surface area (Å²) in [5.41, 5.74) is 2.00. The zero-order chi connectivity index (χ0) is 21.3. The second kappa shape index (κ2) is 10.4. The molecule has 2 aromatic carbocycles. The molecule has 0 aliphatic carbocycles. The van der Waals surface area contributed by atoms with Crippen LogP contribution in [0.25, 0.3) is 5.69 Å². The Morgan fingerprint density at radius 2 is 1.80 bits per heavy atom. The topological polar surface area (TPSA) is 69.5 Å². The number of aromatic nitrogens is 3. The minimum atomic E-state index is -0.0260. The molecular weight excluding hydrogens is 380 g/mol. The number of rotatable bonds is 10. The summed E-state index contributed by atoms with van der Waals surface area (Å²) in [5.74, 6) is 1.52. The average molecular weight is 409 g/mol. The fourth-order valence-electron chi connectivity index (χ4n) is 3.11. The molecule has 7 nitrogen and oxygen atoms in total. The second-order valence-electron chi connectivity index (χ2n) is 6.94. The molecule has 1 amide bonds. The Labute approximate surface area is 177 Å². The van der Waals surface area contributed by atoms with Crippen LogP contribution in [-0.4, -0.2) is 45.8 Å². The summed E-state index contributed by atoms with van der Waals surface area (Å²) < 4.78 is 13.1. The number of ether oxygens (including phenoxy) is 2. The van der Waals surface area contributed by atoms with Crippen LogP contribution in [0.2, 0.25) is 0 Å². The molecule has 0 fully saturated rings. The van der Waals surface area contributed by atoms with Gasteiger partial charge in [0.25, 0.3) is 0 Å². The lowest BCUT2D eigenvalue weighted by atomic mass is 10.1. The van der Waals surface area contributed by atoms with Crippen molar-refractivity contribution in [3.05, 3.63) is 66.7 Å². The molecule has 1 atom stereocenters. The Balaban J connectivity index is 1.48. The largest absolute Gasteiger partial charge is 0.490 e. The third-order valence-corrected chi connectivity index (χ3v) is 4.97. The Morgan fingerprint density at radius 3 is 2.43 bits per heavy atom. The lowest BCUT2D eigenvalue weighted by Gasteiger charge is -2.25. The number of para-hydroxylation sites is 2. The zero-order valence-electron chi connectivity index (χ0n) is 17.7. The van der Waals surface area contributed by atoms with Crippen molar-refractivity contribution in [1.82, 2.24) is 19.7 Å². The van der Waals surface area contributed by atoms with Crippen molar-refractivity contribution in [2.75, 3.05) is 20.3 Å². The average Bonchev–Trinajstić information content (AvgIpc) is 3.32. The first-order valence-electron chi connectivity index (χ1n) is 10.2. The molecular formula is C23H28N4O3. The smallest absolute Gasteiger partial charge is 0.222 e. The number of benzene rings is 2. The van der Waals surface area contributed by atoms with Crippen LogP contribution in [0, 0.1) is 0 Å². The van der Waals surface area contributed by atoms with E-state index in [0.29, 0.717) is 31.8 Å². The first kappa shape index (κ1) is 21.4. The van der Waals surface area contributed by atoms with E-state index in [9.17, 15) is 4.79 Å². The van der Waals surface area contributed by atoms with Gasteiger partial charge in [-0.25, -0.2) is 9.67 Å². The van der Waals surface area contributed by atoms with E-state index in [0.717, 1.165) is 17.0 Å². The zero-order valence-corrected chi connectivity index (χ0v) is 17.7. The molecule has 3 aromatic rings. The number of amides is 1. The van der Waals surface area contributed by atoms with Gasteiger partial charge in [0.1, 0.15) is 12.7 Å². The van der Waals surface area contributed by atoms with Crippen LogP contribution < -0.4 is 9.47 Å². The fourth-order valence-corrected chi connectivity index (χ4v) is 3.11. The van der Waals surface area contributed by atoms with Crippen LogP contribution in [0.4, 0.5) is 0 Å². The number of carbonyl (C=O) groups is 1. The number of hydrogen-bond donors (Lipinski definition) is 0. The van der Waals surface area contributed by atoms with Crippen molar-refractivity contribution >= 4 is 5.91 Å². The number of nitrogens with zero attached hydrogens (tertiary/aromatic N) is 4. The van der Waals surface area contributed by atoms with Crippen molar-refractivity contribution in [2.45, 2.75) is 32.7 Å². The monoisotopic (exact) mass is 408 g/mol. The van der Waals surface area contributed by atoms with Gasteiger partial charge in [-0.15, -0.1) is 0 Å². The van der Waals surface area contributed by atoms with Gasteiger partial charge in [0.05, 0.1) is 24.9 Å². The normalized spacial score (nSPS) is 11.7. The van der Waals surface area contributed by atoms with Crippen LogP contribution in [0.15, 0.2) is 61.2 Å². The lowest BCUT2D eigenvalue weighted by molar-refractivity contribution is -0.132. The molecule has 0 bridgehead atoms. The van der Waals surface area contributed by atoms with Gasteiger partial charge in [-0.2, -0.15) is 5.10 Å². The summed E-state index contributed by atoms with van der Waals surface area (Å²) in [6, 6.07) is 15.5. The van der Waals surface area contributed by atoms with Crippen molar-refractivity contribution in [2.24, 2.45) is 0 Å². The molecule has 0 aliphatic heterocycles. The molecule has 0 aliphatic rings. The summed E-state index contributed by atoms with van der Waals surface area (Å²) in [4.78, 5) is 18.4.